The molecule has 0 aliphatic carbocycles. The molecule has 2 amide bonds. The van der Waals surface area contributed by atoms with Crippen molar-refractivity contribution in [2.75, 3.05) is 6.61 Å². The van der Waals surface area contributed by atoms with E-state index in [0.717, 1.165) is 4.90 Å². The molecule has 0 bridgehead atoms. The quantitative estimate of drug-likeness (QED) is 0.292. The molecule has 1 heterocycles. The monoisotopic (exact) mass is 549 g/mol. The zero-order chi connectivity index (χ0) is 29.4. The van der Waals surface area contributed by atoms with E-state index in [9.17, 15) is 14.4 Å². The van der Waals surface area contributed by atoms with Crippen LogP contribution in [0.25, 0.3) is 0 Å². The van der Waals surface area contributed by atoms with E-state index in [1.54, 1.807) is 48.5 Å². The topological polar surface area (TPSA) is 101 Å². The number of nitrogens with zero attached hydrogens (tertiary/aromatic N) is 1. The Balaban J connectivity index is 2.39. The molecule has 0 aromatic heterocycles. The summed E-state index contributed by atoms with van der Waals surface area (Å²) < 4.78 is 29.5. The number of ether oxygens (including phenoxy) is 5. The maximum atomic E-state index is 13.6. The third-order valence-electron chi connectivity index (χ3n) is 5.77. The lowest BCUT2D eigenvalue weighted by Gasteiger charge is -2.36. The first-order valence-corrected chi connectivity index (χ1v) is 13.9. The van der Waals surface area contributed by atoms with Crippen molar-refractivity contribution in [1.82, 2.24) is 4.90 Å². The molecule has 0 spiro atoms. The molecule has 0 saturated carbocycles. The number of para-hydroxylation sites is 1. The number of hydrogen-bond donors (Lipinski definition) is 0. The summed E-state index contributed by atoms with van der Waals surface area (Å²) in [7, 11) is 0. The Bertz CT molecular complexity index is 907. The summed E-state index contributed by atoms with van der Waals surface area (Å²) >= 11 is 0. The number of hydrogen-bond acceptors (Lipinski definition) is 8. The van der Waals surface area contributed by atoms with E-state index in [4.69, 9.17) is 23.7 Å². The molecule has 0 unspecified atom stereocenters. The molecular weight excluding hydrogens is 502 g/mol. The summed E-state index contributed by atoms with van der Waals surface area (Å²) in [6.07, 6.45) is -1.51. The summed E-state index contributed by atoms with van der Waals surface area (Å²) in [6, 6.07) is 8.08. The van der Waals surface area contributed by atoms with Gasteiger partial charge in [-0.1, -0.05) is 44.9 Å². The number of esters is 1. The maximum absolute atomic E-state index is 13.6. The van der Waals surface area contributed by atoms with Gasteiger partial charge in [-0.25, -0.2) is 14.4 Å². The van der Waals surface area contributed by atoms with Crippen LogP contribution in [0.2, 0.25) is 0 Å². The summed E-state index contributed by atoms with van der Waals surface area (Å²) in [5, 5.41) is 0. The Morgan fingerprint density at radius 3 is 2.00 bits per heavy atom. The fourth-order valence-corrected chi connectivity index (χ4v) is 4.10. The molecule has 1 aliphatic heterocycles. The van der Waals surface area contributed by atoms with Crippen molar-refractivity contribution in [3.8, 4) is 5.75 Å². The van der Waals surface area contributed by atoms with Gasteiger partial charge in [0.1, 0.15) is 29.1 Å². The van der Waals surface area contributed by atoms with E-state index in [0.29, 0.717) is 37.5 Å². The van der Waals surface area contributed by atoms with E-state index in [1.807, 2.05) is 30.3 Å². The van der Waals surface area contributed by atoms with Crippen LogP contribution in [-0.2, 0) is 23.7 Å². The number of cyclic esters (lactones) is 1. The fourth-order valence-electron chi connectivity index (χ4n) is 4.10. The summed E-state index contributed by atoms with van der Waals surface area (Å²) in [5.41, 5.74) is -1.78. The van der Waals surface area contributed by atoms with Crippen molar-refractivity contribution in [2.45, 2.75) is 124 Å². The van der Waals surface area contributed by atoms with Crippen LogP contribution in [0.5, 0.6) is 5.75 Å². The highest BCUT2D eigenvalue weighted by Gasteiger charge is 2.43. The number of benzene rings is 1. The van der Waals surface area contributed by atoms with Crippen LogP contribution in [0.4, 0.5) is 9.59 Å². The van der Waals surface area contributed by atoms with E-state index >= 15 is 0 Å². The zero-order valence-corrected chi connectivity index (χ0v) is 25.0. The highest BCUT2D eigenvalue weighted by molar-refractivity contribution is 5.94. The second-order valence-electron chi connectivity index (χ2n) is 12.4. The average molecular weight is 550 g/mol. The lowest BCUT2D eigenvalue weighted by atomic mass is 9.98. The fraction of sp³-hybridized carbons (Fsp3) is 0.700. The molecule has 9 heteroatoms. The highest BCUT2D eigenvalue weighted by Crippen LogP contribution is 2.27. The summed E-state index contributed by atoms with van der Waals surface area (Å²) in [4.78, 5) is 40.8. The van der Waals surface area contributed by atoms with Crippen LogP contribution in [0.3, 0.4) is 0 Å². The third-order valence-corrected chi connectivity index (χ3v) is 5.77. The Labute approximate surface area is 233 Å². The SMILES string of the molecule is CC(C)CO[C@H]1CCCC[C@H](N(C(=O)OC(C)(C)C)C(=O)OC(C)(C)C)C(=O)O[C@@H](C)[C@@H]1Oc1ccccc1. The van der Waals surface area contributed by atoms with Crippen molar-refractivity contribution in [3.05, 3.63) is 30.3 Å². The number of rotatable bonds is 6. The summed E-state index contributed by atoms with van der Waals surface area (Å²) in [6.45, 7) is 16.6. The van der Waals surface area contributed by atoms with E-state index in [2.05, 4.69) is 13.8 Å². The van der Waals surface area contributed by atoms with Gasteiger partial charge in [-0.15, -0.1) is 0 Å². The van der Waals surface area contributed by atoms with Crippen LogP contribution in [0, 0.1) is 5.92 Å². The van der Waals surface area contributed by atoms with Gasteiger partial charge in [0.15, 0.2) is 6.10 Å². The van der Waals surface area contributed by atoms with E-state index < -0.39 is 47.6 Å². The van der Waals surface area contributed by atoms with Gasteiger partial charge in [0.25, 0.3) is 0 Å². The molecule has 1 aromatic rings. The smallest absolute Gasteiger partial charge is 0.420 e. The van der Waals surface area contributed by atoms with Crippen LogP contribution < -0.4 is 4.74 Å². The van der Waals surface area contributed by atoms with Gasteiger partial charge < -0.3 is 23.7 Å². The maximum Gasteiger partial charge on any atom is 0.420 e. The van der Waals surface area contributed by atoms with Crippen LogP contribution in [0.1, 0.15) is 88.0 Å². The van der Waals surface area contributed by atoms with Gasteiger partial charge in [0.2, 0.25) is 0 Å². The minimum atomic E-state index is -1.22. The van der Waals surface area contributed by atoms with E-state index in [-0.39, 0.29) is 12.5 Å². The molecular formula is C30H47NO8. The molecule has 1 saturated heterocycles. The van der Waals surface area contributed by atoms with Gasteiger partial charge in [-0.3, -0.25) is 0 Å². The van der Waals surface area contributed by atoms with Crippen LogP contribution in [-0.4, -0.2) is 65.2 Å². The molecule has 1 aromatic carbocycles. The largest absolute Gasteiger partial charge is 0.484 e. The molecule has 0 N–H and O–H groups in total. The Morgan fingerprint density at radius 1 is 0.949 bits per heavy atom. The van der Waals surface area contributed by atoms with Crippen molar-refractivity contribution in [3.63, 3.8) is 0 Å². The van der Waals surface area contributed by atoms with Crippen LogP contribution in [0.15, 0.2) is 30.3 Å². The van der Waals surface area contributed by atoms with Gasteiger partial charge in [0, 0.05) is 6.61 Å². The Hall–Kier alpha value is -2.81. The van der Waals surface area contributed by atoms with Gasteiger partial charge in [0.05, 0.1) is 6.10 Å². The molecule has 39 heavy (non-hydrogen) atoms. The predicted octanol–water partition coefficient (Wildman–Crippen LogP) is 6.52. The second kappa shape index (κ2) is 14.0. The predicted molar refractivity (Wildman–Crippen MR) is 148 cm³/mol. The minimum Gasteiger partial charge on any atom is -0.484 e. The molecule has 0 radical (unpaired) electrons. The van der Waals surface area contributed by atoms with E-state index in [1.165, 1.54) is 0 Å². The minimum absolute atomic E-state index is 0.200. The first kappa shape index (κ1) is 32.4. The van der Waals surface area contributed by atoms with Gasteiger partial charge in [-0.2, -0.15) is 4.90 Å². The first-order chi connectivity index (χ1) is 18.1. The number of amides is 2. The third kappa shape index (κ3) is 11.1. The highest BCUT2D eigenvalue weighted by atomic mass is 16.6. The van der Waals surface area contributed by atoms with Gasteiger partial charge >= 0.3 is 18.2 Å². The second-order valence-corrected chi connectivity index (χ2v) is 12.4. The number of imide groups is 1. The van der Waals surface area contributed by atoms with Crippen LogP contribution >= 0.6 is 0 Å². The normalized spacial score (nSPS) is 23.0. The van der Waals surface area contributed by atoms with Crippen molar-refractivity contribution >= 4 is 18.2 Å². The molecule has 2 rings (SSSR count). The number of carbonyl (C=O) groups excluding carboxylic acids is 3. The lowest BCUT2D eigenvalue weighted by Crippen LogP contribution is -2.54. The molecule has 1 fully saturated rings. The molecule has 1 aliphatic rings. The number of carbonyl (C=O) groups is 3. The average Bonchev–Trinajstić information content (AvgIpc) is 2.79. The Kier molecular flexibility index (Phi) is 11.6. The Morgan fingerprint density at radius 2 is 1.49 bits per heavy atom. The molecule has 220 valence electrons. The van der Waals surface area contributed by atoms with Gasteiger partial charge in [-0.05, 0) is 79.4 Å². The van der Waals surface area contributed by atoms with Crippen molar-refractivity contribution in [1.29, 1.82) is 0 Å². The standard InChI is InChI=1S/C30H47NO8/c1-20(2)19-35-24-18-14-13-17-23(26(32)36-21(3)25(24)37-22-15-11-10-12-16-22)31(27(33)38-29(4,5)6)28(34)39-30(7,8)9/h10-12,15-16,20-21,23-25H,13-14,17-19H2,1-9H3/t21-,23-,24-,25-/m0/s1. The van der Waals surface area contributed by atoms with Crippen molar-refractivity contribution in [2.24, 2.45) is 5.92 Å². The molecule has 4 atom stereocenters. The first-order valence-electron chi connectivity index (χ1n) is 13.9. The molecule has 9 nitrogen and oxygen atoms in total. The summed E-state index contributed by atoms with van der Waals surface area (Å²) in [5.74, 6) is 0.211. The zero-order valence-electron chi connectivity index (χ0n) is 25.0. The lowest BCUT2D eigenvalue weighted by molar-refractivity contribution is -0.166. The van der Waals surface area contributed by atoms with Crippen molar-refractivity contribution < 1.29 is 38.1 Å².